The van der Waals surface area contributed by atoms with Crippen LogP contribution in [0.5, 0.6) is 11.5 Å². The van der Waals surface area contributed by atoms with E-state index in [2.05, 4.69) is 39.1 Å². The number of ketones is 1. The highest BCUT2D eigenvalue weighted by Gasteiger charge is 2.25. The molecule has 4 rings (SSSR count). The van der Waals surface area contributed by atoms with Gasteiger partial charge in [0.1, 0.15) is 10.8 Å². The molecule has 0 saturated carbocycles. The SMILES string of the molecule is CC(=O)Cc1nnc(N2CCN([C@H](C)c3ccc4c(c3)OCO4)CC2)s1. The van der Waals surface area contributed by atoms with Crippen molar-refractivity contribution in [2.75, 3.05) is 37.9 Å². The summed E-state index contributed by atoms with van der Waals surface area (Å²) in [6.07, 6.45) is 0.374. The molecule has 1 aromatic carbocycles. The van der Waals surface area contributed by atoms with Crippen molar-refractivity contribution in [3.05, 3.63) is 28.8 Å². The largest absolute Gasteiger partial charge is 0.454 e. The Balaban J connectivity index is 1.37. The lowest BCUT2D eigenvalue weighted by Gasteiger charge is -2.38. The van der Waals surface area contributed by atoms with Gasteiger partial charge >= 0.3 is 0 Å². The number of hydrogen-bond donors (Lipinski definition) is 0. The average Bonchev–Trinajstić information content (AvgIpc) is 3.29. The second-order valence-corrected chi connectivity index (χ2v) is 7.71. The van der Waals surface area contributed by atoms with Gasteiger partial charge in [-0.25, -0.2) is 0 Å². The molecule has 0 unspecified atom stereocenters. The Bertz CT molecular complexity index is 801. The Morgan fingerprint density at radius 3 is 2.73 bits per heavy atom. The number of aromatic nitrogens is 2. The zero-order valence-electron chi connectivity index (χ0n) is 15.0. The summed E-state index contributed by atoms with van der Waals surface area (Å²) >= 11 is 1.52. The molecule has 8 heteroatoms. The molecule has 2 aromatic rings. The summed E-state index contributed by atoms with van der Waals surface area (Å²) in [5.41, 5.74) is 1.24. The number of nitrogens with zero attached hydrogens (tertiary/aromatic N) is 4. The molecule has 0 aliphatic carbocycles. The normalized spacial score (nSPS) is 18.2. The molecule has 0 amide bonds. The number of hydrogen-bond acceptors (Lipinski definition) is 8. The standard InChI is InChI=1S/C18H22N4O3S/c1-12(23)9-17-19-20-18(26-17)22-7-5-21(6-8-22)13(2)14-3-4-15-16(10-14)25-11-24-15/h3-4,10,13H,5-9,11H2,1-2H3/t13-/m1/s1. The monoisotopic (exact) mass is 374 g/mol. The molecule has 2 aliphatic rings. The first kappa shape index (κ1) is 17.2. The van der Waals surface area contributed by atoms with E-state index < -0.39 is 0 Å². The van der Waals surface area contributed by atoms with Crippen molar-refractivity contribution in [3.63, 3.8) is 0 Å². The third-order valence-corrected chi connectivity index (χ3v) is 5.85. The number of Topliss-reactive ketones (excluding diaryl/α,β-unsaturated/α-hetero) is 1. The molecule has 2 aliphatic heterocycles. The van der Waals surface area contributed by atoms with Crippen LogP contribution in [0.4, 0.5) is 5.13 Å². The van der Waals surface area contributed by atoms with Gasteiger partial charge in [-0.15, -0.1) is 10.2 Å². The van der Waals surface area contributed by atoms with Crippen LogP contribution in [0.2, 0.25) is 0 Å². The molecular weight excluding hydrogens is 352 g/mol. The molecule has 7 nitrogen and oxygen atoms in total. The van der Waals surface area contributed by atoms with Gasteiger partial charge in [-0.05, 0) is 31.5 Å². The molecule has 0 N–H and O–H groups in total. The second-order valence-electron chi connectivity index (χ2n) is 6.67. The number of benzene rings is 1. The van der Waals surface area contributed by atoms with E-state index >= 15 is 0 Å². The maximum absolute atomic E-state index is 11.2. The fraction of sp³-hybridized carbons (Fsp3) is 0.500. The molecule has 3 heterocycles. The van der Waals surface area contributed by atoms with Gasteiger partial charge in [0.05, 0.1) is 6.42 Å². The van der Waals surface area contributed by atoms with Crippen LogP contribution in [0.25, 0.3) is 0 Å². The highest BCUT2D eigenvalue weighted by Crippen LogP contribution is 2.35. The van der Waals surface area contributed by atoms with E-state index in [1.165, 1.54) is 16.9 Å². The van der Waals surface area contributed by atoms with Crippen molar-refractivity contribution in [2.24, 2.45) is 0 Å². The molecule has 1 saturated heterocycles. The lowest BCUT2D eigenvalue weighted by atomic mass is 10.1. The van der Waals surface area contributed by atoms with Crippen molar-refractivity contribution in [1.29, 1.82) is 0 Å². The van der Waals surface area contributed by atoms with Crippen molar-refractivity contribution >= 4 is 22.3 Å². The quantitative estimate of drug-likeness (QED) is 0.795. The van der Waals surface area contributed by atoms with Gasteiger partial charge in [-0.1, -0.05) is 17.4 Å². The van der Waals surface area contributed by atoms with Crippen LogP contribution >= 0.6 is 11.3 Å². The summed E-state index contributed by atoms with van der Waals surface area (Å²) in [5, 5.41) is 10.1. The van der Waals surface area contributed by atoms with Crippen molar-refractivity contribution < 1.29 is 14.3 Å². The Hall–Kier alpha value is -2.19. The summed E-state index contributed by atoms with van der Waals surface area (Å²) in [7, 11) is 0. The minimum atomic E-state index is 0.120. The first-order chi connectivity index (χ1) is 12.6. The summed E-state index contributed by atoms with van der Waals surface area (Å²) in [5.74, 6) is 1.78. The predicted octanol–water partition coefficient (Wildman–Crippen LogP) is 2.28. The van der Waals surface area contributed by atoms with Crippen LogP contribution in [0, 0.1) is 0 Å². The number of piperazine rings is 1. The average molecular weight is 374 g/mol. The van der Waals surface area contributed by atoms with E-state index in [1.54, 1.807) is 6.92 Å². The Morgan fingerprint density at radius 2 is 1.96 bits per heavy atom. The second kappa shape index (κ2) is 7.20. The Morgan fingerprint density at radius 1 is 1.19 bits per heavy atom. The first-order valence-corrected chi connectivity index (χ1v) is 9.62. The first-order valence-electron chi connectivity index (χ1n) is 8.80. The van der Waals surface area contributed by atoms with Crippen LogP contribution in [0.15, 0.2) is 18.2 Å². The van der Waals surface area contributed by atoms with E-state index in [9.17, 15) is 4.79 Å². The zero-order valence-corrected chi connectivity index (χ0v) is 15.8. The summed E-state index contributed by atoms with van der Waals surface area (Å²) in [6, 6.07) is 6.50. The van der Waals surface area contributed by atoms with Crippen LogP contribution in [-0.2, 0) is 11.2 Å². The zero-order chi connectivity index (χ0) is 18.1. The number of fused-ring (bicyclic) bond motifs is 1. The molecule has 1 atom stereocenters. The molecule has 26 heavy (non-hydrogen) atoms. The number of carbonyl (C=O) groups is 1. The molecular formula is C18H22N4O3S. The van der Waals surface area contributed by atoms with Gasteiger partial charge in [-0.2, -0.15) is 0 Å². The molecule has 138 valence electrons. The molecule has 0 bridgehead atoms. The van der Waals surface area contributed by atoms with Crippen LogP contribution < -0.4 is 14.4 Å². The highest BCUT2D eigenvalue weighted by molar-refractivity contribution is 7.15. The summed E-state index contributed by atoms with van der Waals surface area (Å²) < 4.78 is 10.9. The molecule has 0 spiro atoms. The van der Waals surface area contributed by atoms with E-state index in [4.69, 9.17) is 9.47 Å². The van der Waals surface area contributed by atoms with Gasteiger partial charge in [-0.3, -0.25) is 9.69 Å². The van der Waals surface area contributed by atoms with Gasteiger partial charge in [0.2, 0.25) is 11.9 Å². The summed E-state index contributed by atoms with van der Waals surface area (Å²) in [4.78, 5) is 15.9. The highest BCUT2D eigenvalue weighted by atomic mass is 32.1. The predicted molar refractivity (Wildman–Crippen MR) is 99.1 cm³/mol. The van der Waals surface area contributed by atoms with Crippen molar-refractivity contribution in [2.45, 2.75) is 26.3 Å². The maximum Gasteiger partial charge on any atom is 0.231 e. The number of anilines is 1. The number of rotatable bonds is 5. The Labute approximate surface area is 156 Å². The van der Waals surface area contributed by atoms with Crippen LogP contribution in [-0.4, -0.2) is 53.9 Å². The van der Waals surface area contributed by atoms with E-state index in [-0.39, 0.29) is 5.78 Å². The molecule has 1 aromatic heterocycles. The lowest BCUT2D eigenvalue weighted by Crippen LogP contribution is -2.47. The van der Waals surface area contributed by atoms with Crippen LogP contribution in [0.3, 0.4) is 0 Å². The topological polar surface area (TPSA) is 67.8 Å². The summed E-state index contributed by atoms with van der Waals surface area (Å²) in [6.45, 7) is 7.83. The van der Waals surface area contributed by atoms with Gasteiger partial charge < -0.3 is 14.4 Å². The van der Waals surface area contributed by atoms with E-state index in [1.807, 2.05) is 6.07 Å². The smallest absolute Gasteiger partial charge is 0.231 e. The molecule has 0 radical (unpaired) electrons. The van der Waals surface area contributed by atoms with Gasteiger partial charge in [0, 0.05) is 32.2 Å². The number of carbonyl (C=O) groups excluding carboxylic acids is 1. The van der Waals surface area contributed by atoms with Gasteiger partial charge in [0.25, 0.3) is 0 Å². The van der Waals surface area contributed by atoms with E-state index in [0.29, 0.717) is 19.3 Å². The fourth-order valence-corrected chi connectivity index (χ4v) is 4.30. The fourth-order valence-electron chi connectivity index (χ4n) is 3.34. The lowest BCUT2D eigenvalue weighted by molar-refractivity contribution is -0.116. The van der Waals surface area contributed by atoms with Crippen molar-refractivity contribution in [1.82, 2.24) is 15.1 Å². The minimum Gasteiger partial charge on any atom is -0.454 e. The number of ether oxygens (including phenoxy) is 2. The Kier molecular flexibility index (Phi) is 4.78. The minimum absolute atomic E-state index is 0.120. The third kappa shape index (κ3) is 3.52. The van der Waals surface area contributed by atoms with Gasteiger partial charge in [0.15, 0.2) is 11.5 Å². The van der Waals surface area contributed by atoms with Crippen LogP contribution in [0.1, 0.15) is 30.5 Å². The van der Waals surface area contributed by atoms with E-state index in [0.717, 1.165) is 47.8 Å². The third-order valence-electron chi connectivity index (χ3n) is 4.87. The van der Waals surface area contributed by atoms with Crippen molar-refractivity contribution in [3.8, 4) is 11.5 Å². The molecule has 1 fully saturated rings. The maximum atomic E-state index is 11.2.